The van der Waals surface area contributed by atoms with Gasteiger partial charge in [-0.05, 0) is 24.6 Å². The number of carbonyl (C=O) groups excluding carboxylic acids is 1. The summed E-state index contributed by atoms with van der Waals surface area (Å²) in [7, 11) is 0. The fourth-order valence-electron chi connectivity index (χ4n) is 1.91. The molecule has 0 fully saturated rings. The Hall–Kier alpha value is -2.66. The van der Waals surface area contributed by atoms with Gasteiger partial charge in [-0.1, -0.05) is 30.3 Å². The highest BCUT2D eigenvalue weighted by Gasteiger charge is 2.03. The second kappa shape index (κ2) is 7.95. The molecule has 0 spiro atoms. The number of aryl methyl sites for hydroxylation is 1. The number of aromatic nitrogens is 2. The average molecular weight is 296 g/mol. The second-order valence-electron chi connectivity index (χ2n) is 4.90. The minimum atomic E-state index is -0.166. The summed E-state index contributed by atoms with van der Waals surface area (Å²) < 4.78 is 0. The molecule has 0 bridgehead atoms. The minimum absolute atomic E-state index is 0.166. The highest BCUT2D eigenvalue weighted by molar-refractivity contribution is 5.93. The molecule has 0 saturated heterocycles. The molecule has 0 aliphatic carbocycles. The largest absolute Gasteiger partial charge is 0.360 e. The quantitative estimate of drug-likeness (QED) is 0.809. The Balaban J connectivity index is 2.17. The van der Waals surface area contributed by atoms with E-state index < -0.39 is 0 Å². The number of nitrogens with two attached hydrogens (primary N) is 1. The molecule has 5 heteroatoms. The van der Waals surface area contributed by atoms with E-state index in [0.717, 1.165) is 17.0 Å². The number of rotatable bonds is 4. The molecule has 1 heterocycles. The van der Waals surface area contributed by atoms with Crippen LogP contribution in [0.2, 0.25) is 0 Å². The van der Waals surface area contributed by atoms with E-state index in [1.165, 1.54) is 6.20 Å². The van der Waals surface area contributed by atoms with E-state index in [0.29, 0.717) is 18.7 Å². The van der Waals surface area contributed by atoms with E-state index in [2.05, 4.69) is 15.3 Å². The van der Waals surface area contributed by atoms with Gasteiger partial charge in [-0.25, -0.2) is 0 Å². The van der Waals surface area contributed by atoms with Crippen LogP contribution in [0.25, 0.3) is 0 Å². The third-order valence-corrected chi connectivity index (χ3v) is 3.09. The summed E-state index contributed by atoms with van der Waals surface area (Å²) in [5.41, 5.74) is 8.85. The first kappa shape index (κ1) is 15.7. The molecule has 0 radical (unpaired) electrons. The van der Waals surface area contributed by atoms with Crippen LogP contribution < -0.4 is 11.1 Å². The summed E-state index contributed by atoms with van der Waals surface area (Å²) in [6.45, 7) is 2.75. The first-order valence-electron chi connectivity index (χ1n) is 7.09. The van der Waals surface area contributed by atoms with Crippen molar-refractivity contribution in [1.29, 1.82) is 0 Å². The lowest BCUT2D eigenvalue weighted by atomic mass is 10.2. The maximum absolute atomic E-state index is 12.2. The Kier molecular flexibility index (Phi) is 5.68. The Bertz CT molecular complexity index is 678. The van der Waals surface area contributed by atoms with Crippen LogP contribution in [0, 0.1) is 6.92 Å². The zero-order valence-corrected chi connectivity index (χ0v) is 12.5. The van der Waals surface area contributed by atoms with E-state index >= 15 is 0 Å². The third kappa shape index (κ3) is 4.71. The van der Waals surface area contributed by atoms with Crippen LogP contribution in [0.1, 0.15) is 27.3 Å². The SMILES string of the molecule is Cc1ccc(C(=O)NCc2ccccc2)cncc(CN)[nH]1. The number of nitrogens with zero attached hydrogens (tertiary/aromatic N) is 1. The van der Waals surface area contributed by atoms with Crippen LogP contribution in [0.4, 0.5) is 0 Å². The first-order valence-corrected chi connectivity index (χ1v) is 7.09. The van der Waals surface area contributed by atoms with Gasteiger partial charge in [0.05, 0.1) is 5.56 Å². The van der Waals surface area contributed by atoms with Crippen molar-refractivity contribution in [1.82, 2.24) is 15.3 Å². The van der Waals surface area contributed by atoms with E-state index in [4.69, 9.17) is 5.73 Å². The predicted octanol–water partition coefficient (Wildman–Crippen LogP) is 2.23. The molecule has 0 aliphatic rings. The molecule has 5 nitrogen and oxygen atoms in total. The average Bonchev–Trinajstić information content (AvgIpc) is 2.64. The summed E-state index contributed by atoms with van der Waals surface area (Å²) in [5.74, 6) is -0.166. The van der Waals surface area contributed by atoms with Gasteiger partial charge in [-0.2, -0.15) is 0 Å². The van der Waals surface area contributed by atoms with Crippen molar-refractivity contribution in [2.24, 2.45) is 5.73 Å². The number of carbonyl (C=O) groups is 1. The molecule has 1 aromatic heterocycles. The van der Waals surface area contributed by atoms with Crippen LogP contribution in [0.15, 0.2) is 54.9 Å². The van der Waals surface area contributed by atoms with Gasteiger partial charge >= 0.3 is 0 Å². The maximum Gasteiger partial charge on any atom is 0.253 e. The molecule has 0 atom stereocenters. The smallest absolute Gasteiger partial charge is 0.253 e. The van der Waals surface area contributed by atoms with Crippen molar-refractivity contribution in [3.05, 3.63) is 77.4 Å². The number of H-pyrrole nitrogens is 1. The van der Waals surface area contributed by atoms with Gasteiger partial charge in [0.25, 0.3) is 5.91 Å². The van der Waals surface area contributed by atoms with Crippen molar-refractivity contribution in [3.63, 3.8) is 0 Å². The fourth-order valence-corrected chi connectivity index (χ4v) is 1.91. The highest BCUT2D eigenvalue weighted by Crippen LogP contribution is 2.01. The van der Waals surface area contributed by atoms with Gasteiger partial charge in [0.2, 0.25) is 0 Å². The Morgan fingerprint density at radius 3 is 2.68 bits per heavy atom. The van der Waals surface area contributed by atoms with E-state index in [-0.39, 0.29) is 5.91 Å². The Morgan fingerprint density at radius 1 is 1.18 bits per heavy atom. The van der Waals surface area contributed by atoms with Crippen LogP contribution in [0.3, 0.4) is 0 Å². The third-order valence-electron chi connectivity index (χ3n) is 3.09. The molecule has 0 aliphatic heterocycles. The van der Waals surface area contributed by atoms with Gasteiger partial charge in [0.15, 0.2) is 0 Å². The summed E-state index contributed by atoms with van der Waals surface area (Å²) >= 11 is 0. The number of nitrogens with one attached hydrogen (secondary N) is 2. The van der Waals surface area contributed by atoms with Crippen molar-refractivity contribution in [3.8, 4) is 0 Å². The van der Waals surface area contributed by atoms with Crippen molar-refractivity contribution < 1.29 is 4.79 Å². The number of hydrogen-bond donors (Lipinski definition) is 3. The molecular weight excluding hydrogens is 276 g/mol. The summed E-state index contributed by atoms with van der Waals surface area (Å²) in [5, 5.41) is 2.88. The summed E-state index contributed by atoms with van der Waals surface area (Å²) in [4.78, 5) is 19.5. The predicted molar refractivity (Wildman–Crippen MR) is 86.5 cm³/mol. The number of hydrogen-bond acceptors (Lipinski definition) is 3. The second-order valence-corrected chi connectivity index (χ2v) is 4.90. The highest BCUT2D eigenvalue weighted by atomic mass is 16.1. The lowest BCUT2D eigenvalue weighted by Crippen LogP contribution is -2.22. The van der Waals surface area contributed by atoms with Crippen molar-refractivity contribution in [2.45, 2.75) is 20.0 Å². The first-order chi connectivity index (χ1) is 10.7. The number of aromatic amines is 1. The zero-order chi connectivity index (χ0) is 15.8. The maximum atomic E-state index is 12.2. The normalized spacial score (nSPS) is 9.91. The minimum Gasteiger partial charge on any atom is -0.360 e. The van der Waals surface area contributed by atoms with Gasteiger partial charge in [-0.15, -0.1) is 0 Å². The molecule has 2 rings (SSSR count). The zero-order valence-electron chi connectivity index (χ0n) is 12.5. The van der Waals surface area contributed by atoms with Crippen LogP contribution in [0.5, 0.6) is 0 Å². The standard InChI is InChI=1S/C17H20N4O/c1-13-7-8-15(11-19-12-16(9-18)21-13)17(22)20-10-14-5-3-2-4-6-14/h2-8,11-12,21H,9-10,18H2,1H3,(H,20,22). The Morgan fingerprint density at radius 2 is 1.95 bits per heavy atom. The molecule has 0 unspecified atom stereocenters. The van der Waals surface area contributed by atoms with Crippen LogP contribution in [-0.4, -0.2) is 15.9 Å². The topological polar surface area (TPSA) is 83.8 Å². The molecular formula is C17H20N4O. The molecule has 0 saturated carbocycles. The van der Waals surface area contributed by atoms with E-state index in [1.54, 1.807) is 12.3 Å². The molecule has 4 N–H and O–H groups in total. The molecule has 1 amide bonds. The summed E-state index contributed by atoms with van der Waals surface area (Å²) in [6, 6.07) is 13.3. The van der Waals surface area contributed by atoms with Gasteiger partial charge in [0.1, 0.15) is 0 Å². The molecule has 1 aromatic carbocycles. The van der Waals surface area contributed by atoms with E-state index in [1.807, 2.05) is 43.3 Å². The lowest BCUT2D eigenvalue weighted by Gasteiger charge is -2.04. The fraction of sp³-hybridized carbons (Fsp3) is 0.176. The monoisotopic (exact) mass is 296 g/mol. The lowest BCUT2D eigenvalue weighted by molar-refractivity contribution is 0.0950. The van der Waals surface area contributed by atoms with Gasteiger partial charge in [-0.3, -0.25) is 9.78 Å². The number of benzene rings is 1. The summed E-state index contributed by atoms with van der Waals surface area (Å²) in [6.07, 6.45) is 3.16. The van der Waals surface area contributed by atoms with Gasteiger partial charge in [0, 0.05) is 36.9 Å². The van der Waals surface area contributed by atoms with Crippen LogP contribution in [-0.2, 0) is 13.1 Å². The molecule has 22 heavy (non-hydrogen) atoms. The van der Waals surface area contributed by atoms with Crippen LogP contribution >= 0.6 is 0 Å². The molecule has 114 valence electrons. The Labute approximate surface area is 129 Å². The van der Waals surface area contributed by atoms with Gasteiger partial charge < -0.3 is 16.0 Å². The van der Waals surface area contributed by atoms with E-state index in [9.17, 15) is 4.79 Å². The molecule has 2 aromatic rings. The number of amides is 1. The van der Waals surface area contributed by atoms with Crippen molar-refractivity contribution in [2.75, 3.05) is 0 Å². The van der Waals surface area contributed by atoms with Crippen molar-refractivity contribution >= 4 is 5.91 Å².